The van der Waals surface area contributed by atoms with Gasteiger partial charge >= 0.3 is 0 Å². The van der Waals surface area contributed by atoms with Crippen LogP contribution in [0.2, 0.25) is 0 Å². The summed E-state index contributed by atoms with van der Waals surface area (Å²) in [4.78, 5) is 13.3. The van der Waals surface area contributed by atoms with Crippen molar-refractivity contribution in [3.63, 3.8) is 0 Å². The first-order valence-electron chi connectivity index (χ1n) is 10.7. The summed E-state index contributed by atoms with van der Waals surface area (Å²) >= 11 is 0. The summed E-state index contributed by atoms with van der Waals surface area (Å²) in [5.41, 5.74) is 2.39. The van der Waals surface area contributed by atoms with E-state index in [-0.39, 0.29) is 11.9 Å². The molecular weight excluding hydrogens is 408 g/mol. The Balaban J connectivity index is 1.34. The minimum Gasteiger partial charge on any atom is -0.497 e. The third kappa shape index (κ3) is 4.27. The van der Waals surface area contributed by atoms with Gasteiger partial charge in [0.05, 0.1) is 25.9 Å². The molecule has 32 heavy (non-hydrogen) atoms. The van der Waals surface area contributed by atoms with Gasteiger partial charge in [-0.05, 0) is 35.4 Å². The number of Topliss-reactive ketones (excluding diaryl/α,β-unsaturated/α-hetero) is 1. The fourth-order valence-electron chi connectivity index (χ4n) is 3.76. The first kappa shape index (κ1) is 20.4. The van der Waals surface area contributed by atoms with Crippen LogP contribution in [-0.4, -0.2) is 32.2 Å². The molecule has 0 aliphatic carbocycles. The third-order valence-electron chi connectivity index (χ3n) is 5.54. The van der Waals surface area contributed by atoms with E-state index in [2.05, 4.69) is 0 Å². The lowest BCUT2D eigenvalue weighted by molar-refractivity contribution is 0.0949. The molecule has 0 amide bonds. The lowest BCUT2D eigenvalue weighted by Gasteiger charge is -2.12. The normalized spacial score (nSPS) is 19.0. The Kier molecular flexibility index (Phi) is 5.69. The van der Waals surface area contributed by atoms with Crippen LogP contribution >= 0.6 is 0 Å². The number of epoxide rings is 1. The Morgan fingerprint density at radius 1 is 0.969 bits per heavy atom. The number of benzene rings is 3. The maximum Gasteiger partial charge on any atom is 0.198 e. The van der Waals surface area contributed by atoms with E-state index in [9.17, 15) is 4.79 Å². The highest BCUT2D eigenvalue weighted by atomic mass is 16.6. The predicted octanol–water partition coefficient (Wildman–Crippen LogP) is 4.76. The number of methoxy groups -OCH3 is 1. The van der Waals surface area contributed by atoms with Crippen molar-refractivity contribution >= 4 is 5.78 Å². The third-order valence-corrected chi connectivity index (χ3v) is 5.54. The quantitative estimate of drug-likeness (QED) is 0.396. The lowest BCUT2D eigenvalue weighted by Crippen LogP contribution is -2.11. The zero-order chi connectivity index (χ0) is 21.9. The number of ketones is 1. The van der Waals surface area contributed by atoms with E-state index in [0.717, 1.165) is 23.3 Å². The number of carbonyl (C=O) groups excluding carboxylic acids is 1. The standard InChI is InChI=1S/C26H24O6/c1-28-19-9-10-20(22(15-19)31-16-17-6-3-2-4-7-17)24(27)26-25(32-26)18-8-11-21-23(14-18)30-13-5-12-29-21/h2-4,6-11,14-15,25-26H,5,12-13,16H2,1H3/t25-,26-/m0/s1. The van der Waals surface area contributed by atoms with E-state index < -0.39 is 6.10 Å². The Morgan fingerprint density at radius 2 is 1.78 bits per heavy atom. The van der Waals surface area contributed by atoms with Gasteiger partial charge in [0.25, 0.3) is 0 Å². The summed E-state index contributed by atoms with van der Waals surface area (Å²) in [7, 11) is 1.59. The van der Waals surface area contributed by atoms with Crippen molar-refractivity contribution in [3.8, 4) is 23.0 Å². The number of ether oxygens (including phenoxy) is 5. The zero-order valence-corrected chi connectivity index (χ0v) is 17.8. The van der Waals surface area contributed by atoms with E-state index in [4.69, 9.17) is 23.7 Å². The van der Waals surface area contributed by atoms with Crippen LogP contribution in [0.3, 0.4) is 0 Å². The SMILES string of the molecule is COc1ccc(C(=O)[C@@H]2O[C@H]2c2ccc3c(c2)OCCCO3)c(OCc2ccccc2)c1. The second-order valence-corrected chi connectivity index (χ2v) is 7.73. The highest BCUT2D eigenvalue weighted by Gasteiger charge is 2.47. The molecule has 3 aromatic rings. The molecule has 2 atom stereocenters. The molecule has 6 heteroatoms. The van der Waals surface area contributed by atoms with E-state index in [0.29, 0.717) is 42.6 Å². The molecule has 5 rings (SSSR count). The molecule has 2 heterocycles. The van der Waals surface area contributed by atoms with Crippen molar-refractivity contribution in [3.05, 3.63) is 83.4 Å². The van der Waals surface area contributed by atoms with Crippen LogP contribution in [0.4, 0.5) is 0 Å². The van der Waals surface area contributed by atoms with Crippen LogP contribution in [0.25, 0.3) is 0 Å². The number of rotatable bonds is 7. The molecule has 3 aromatic carbocycles. The number of hydrogen-bond donors (Lipinski definition) is 0. The molecule has 2 aliphatic heterocycles. The summed E-state index contributed by atoms with van der Waals surface area (Å²) in [6.07, 6.45) is -0.0372. The van der Waals surface area contributed by atoms with Gasteiger partial charge in [-0.25, -0.2) is 0 Å². The number of fused-ring (bicyclic) bond motifs is 1. The molecule has 0 unspecified atom stereocenters. The van der Waals surface area contributed by atoms with Crippen molar-refractivity contribution in [1.82, 2.24) is 0 Å². The fraction of sp³-hybridized carbons (Fsp3) is 0.269. The second-order valence-electron chi connectivity index (χ2n) is 7.73. The highest BCUT2D eigenvalue weighted by molar-refractivity contribution is 6.03. The maximum atomic E-state index is 13.3. The molecule has 6 nitrogen and oxygen atoms in total. The largest absolute Gasteiger partial charge is 0.497 e. The fourth-order valence-corrected chi connectivity index (χ4v) is 3.76. The predicted molar refractivity (Wildman–Crippen MR) is 118 cm³/mol. The van der Waals surface area contributed by atoms with Crippen molar-refractivity contribution in [2.24, 2.45) is 0 Å². The lowest BCUT2D eigenvalue weighted by atomic mass is 10.0. The minimum atomic E-state index is -0.563. The first-order chi connectivity index (χ1) is 15.7. The molecular formula is C26H24O6. The van der Waals surface area contributed by atoms with Crippen LogP contribution in [0.15, 0.2) is 66.7 Å². The van der Waals surface area contributed by atoms with Crippen LogP contribution in [0.5, 0.6) is 23.0 Å². The van der Waals surface area contributed by atoms with Gasteiger partial charge < -0.3 is 23.7 Å². The highest BCUT2D eigenvalue weighted by Crippen LogP contribution is 2.44. The molecule has 0 bridgehead atoms. The summed E-state index contributed by atoms with van der Waals surface area (Å²) in [5.74, 6) is 2.40. The number of hydrogen-bond acceptors (Lipinski definition) is 6. The first-order valence-corrected chi connectivity index (χ1v) is 10.7. The van der Waals surface area contributed by atoms with E-state index in [1.54, 1.807) is 25.3 Å². The van der Waals surface area contributed by atoms with Gasteiger partial charge in [0, 0.05) is 12.5 Å². The van der Waals surface area contributed by atoms with Gasteiger partial charge in [0.1, 0.15) is 24.2 Å². The van der Waals surface area contributed by atoms with Crippen molar-refractivity contribution in [2.75, 3.05) is 20.3 Å². The Hall–Kier alpha value is -3.51. The van der Waals surface area contributed by atoms with Gasteiger partial charge in [-0.15, -0.1) is 0 Å². The Morgan fingerprint density at radius 3 is 2.59 bits per heavy atom. The molecule has 164 valence electrons. The van der Waals surface area contributed by atoms with E-state index in [1.807, 2.05) is 48.5 Å². The maximum absolute atomic E-state index is 13.3. The monoisotopic (exact) mass is 432 g/mol. The average Bonchev–Trinajstić information content (AvgIpc) is 3.66. The Bertz CT molecular complexity index is 1110. The minimum absolute atomic E-state index is 0.118. The molecule has 0 saturated carbocycles. The molecule has 1 saturated heterocycles. The van der Waals surface area contributed by atoms with Crippen molar-refractivity contribution < 1.29 is 28.5 Å². The molecule has 0 spiro atoms. The summed E-state index contributed by atoms with van der Waals surface area (Å²) in [5, 5.41) is 0. The van der Waals surface area contributed by atoms with Gasteiger partial charge in [0.2, 0.25) is 0 Å². The molecule has 0 radical (unpaired) electrons. The van der Waals surface area contributed by atoms with E-state index >= 15 is 0 Å². The topological polar surface area (TPSA) is 66.5 Å². The van der Waals surface area contributed by atoms with Crippen molar-refractivity contribution in [2.45, 2.75) is 25.2 Å². The zero-order valence-electron chi connectivity index (χ0n) is 17.8. The van der Waals surface area contributed by atoms with Gasteiger partial charge in [0.15, 0.2) is 23.4 Å². The molecule has 2 aliphatic rings. The average molecular weight is 432 g/mol. The van der Waals surface area contributed by atoms with Crippen LogP contribution in [0.1, 0.15) is 34.0 Å². The van der Waals surface area contributed by atoms with Crippen LogP contribution < -0.4 is 18.9 Å². The number of carbonyl (C=O) groups is 1. The van der Waals surface area contributed by atoms with Crippen LogP contribution in [0, 0.1) is 0 Å². The smallest absolute Gasteiger partial charge is 0.198 e. The molecule has 0 N–H and O–H groups in total. The molecule has 1 fully saturated rings. The van der Waals surface area contributed by atoms with Crippen molar-refractivity contribution in [1.29, 1.82) is 0 Å². The summed E-state index contributed by atoms with van der Waals surface area (Å²) in [6, 6.07) is 20.7. The van der Waals surface area contributed by atoms with Gasteiger partial charge in [-0.1, -0.05) is 36.4 Å². The van der Waals surface area contributed by atoms with E-state index in [1.165, 1.54) is 0 Å². The Labute approximate surface area is 186 Å². The van der Waals surface area contributed by atoms with Gasteiger partial charge in [-0.3, -0.25) is 4.79 Å². The molecule has 0 aromatic heterocycles. The second kappa shape index (κ2) is 8.93. The van der Waals surface area contributed by atoms with Crippen LogP contribution in [-0.2, 0) is 11.3 Å². The summed E-state index contributed by atoms with van der Waals surface area (Å²) < 4.78 is 28.6. The summed E-state index contributed by atoms with van der Waals surface area (Å²) in [6.45, 7) is 1.60. The van der Waals surface area contributed by atoms with Gasteiger partial charge in [-0.2, -0.15) is 0 Å².